The van der Waals surface area contributed by atoms with E-state index in [-0.39, 0.29) is 0 Å². The third-order valence-corrected chi connectivity index (χ3v) is 3.30. The Morgan fingerprint density at radius 2 is 2.39 bits per heavy atom. The summed E-state index contributed by atoms with van der Waals surface area (Å²) in [5, 5.41) is 3.30. The van der Waals surface area contributed by atoms with Gasteiger partial charge in [-0.05, 0) is 38.8 Å². The lowest BCUT2D eigenvalue weighted by atomic mass is 10.1. The van der Waals surface area contributed by atoms with E-state index in [2.05, 4.69) is 17.2 Å². The monoisotopic (exact) mass is 252 g/mol. The lowest BCUT2D eigenvalue weighted by molar-refractivity contribution is 0.0138. The van der Waals surface area contributed by atoms with Crippen LogP contribution < -0.4 is 5.32 Å². The fourth-order valence-electron chi connectivity index (χ4n) is 2.29. The summed E-state index contributed by atoms with van der Waals surface area (Å²) in [7, 11) is 0. The summed E-state index contributed by atoms with van der Waals surface area (Å²) >= 11 is 0. The maximum atomic E-state index is 5.75. The molecule has 1 N–H and O–H groups in total. The molecule has 0 saturated carbocycles. The van der Waals surface area contributed by atoms with Crippen molar-refractivity contribution >= 4 is 0 Å². The predicted molar refractivity (Wildman–Crippen MR) is 70.7 cm³/mol. The van der Waals surface area contributed by atoms with Gasteiger partial charge >= 0.3 is 0 Å². The Kier molecular flexibility index (Phi) is 5.68. The molecule has 1 fully saturated rings. The maximum absolute atomic E-state index is 5.75. The second kappa shape index (κ2) is 7.54. The largest absolute Gasteiger partial charge is 0.446 e. The molecule has 0 spiro atoms. The van der Waals surface area contributed by atoms with Gasteiger partial charge in [-0.15, -0.1) is 0 Å². The summed E-state index contributed by atoms with van der Waals surface area (Å²) in [6.45, 7) is 5.07. The highest BCUT2D eigenvalue weighted by Crippen LogP contribution is 2.18. The van der Waals surface area contributed by atoms with Gasteiger partial charge in [-0.25, -0.2) is 4.98 Å². The smallest absolute Gasteiger partial charge is 0.194 e. The number of rotatable bonds is 7. The van der Waals surface area contributed by atoms with Gasteiger partial charge in [0, 0.05) is 19.4 Å². The summed E-state index contributed by atoms with van der Waals surface area (Å²) in [4.78, 5) is 4.33. The summed E-state index contributed by atoms with van der Waals surface area (Å²) in [6, 6.07) is 0. The van der Waals surface area contributed by atoms with Crippen LogP contribution in [0.15, 0.2) is 10.6 Å². The topological polar surface area (TPSA) is 47.3 Å². The number of ether oxygens (including phenoxy) is 1. The van der Waals surface area contributed by atoms with E-state index in [9.17, 15) is 0 Å². The van der Waals surface area contributed by atoms with E-state index in [0.717, 1.165) is 57.0 Å². The number of aryl methyl sites for hydroxylation is 1. The Bertz CT molecular complexity index is 332. The van der Waals surface area contributed by atoms with Crippen molar-refractivity contribution in [1.82, 2.24) is 10.3 Å². The minimum absolute atomic E-state index is 0.335. The molecule has 0 amide bonds. The van der Waals surface area contributed by atoms with Gasteiger partial charge in [0.25, 0.3) is 0 Å². The number of oxazole rings is 1. The fourth-order valence-corrected chi connectivity index (χ4v) is 2.29. The molecule has 1 saturated heterocycles. The van der Waals surface area contributed by atoms with Crippen molar-refractivity contribution in [1.29, 1.82) is 0 Å². The second-order valence-electron chi connectivity index (χ2n) is 4.87. The summed E-state index contributed by atoms with van der Waals surface area (Å²) in [5.41, 5.74) is 0. The first-order valence-corrected chi connectivity index (χ1v) is 7.14. The quantitative estimate of drug-likeness (QED) is 0.757. The van der Waals surface area contributed by atoms with E-state index in [1.165, 1.54) is 12.8 Å². The molecule has 1 atom stereocenters. The van der Waals surface area contributed by atoms with Gasteiger partial charge in [0.05, 0.1) is 12.3 Å². The Morgan fingerprint density at radius 3 is 3.17 bits per heavy atom. The van der Waals surface area contributed by atoms with Crippen molar-refractivity contribution in [3.63, 3.8) is 0 Å². The van der Waals surface area contributed by atoms with E-state index in [1.54, 1.807) is 0 Å². The Morgan fingerprint density at radius 1 is 1.44 bits per heavy atom. The average molecular weight is 252 g/mol. The molecule has 0 radical (unpaired) electrons. The summed E-state index contributed by atoms with van der Waals surface area (Å²) < 4.78 is 11.5. The molecule has 4 nitrogen and oxygen atoms in total. The van der Waals surface area contributed by atoms with Crippen molar-refractivity contribution in [3.05, 3.63) is 17.8 Å². The molecule has 18 heavy (non-hydrogen) atoms. The first-order chi connectivity index (χ1) is 8.88. The highest BCUT2D eigenvalue weighted by Gasteiger charge is 2.16. The van der Waals surface area contributed by atoms with Crippen LogP contribution >= 0.6 is 0 Å². The second-order valence-corrected chi connectivity index (χ2v) is 4.87. The SMILES string of the molecule is CCNCCCc1ncc(CC2CCCCO2)o1. The van der Waals surface area contributed by atoms with Crippen molar-refractivity contribution < 1.29 is 9.15 Å². The van der Waals surface area contributed by atoms with Gasteiger partial charge in [0.15, 0.2) is 5.89 Å². The molecule has 102 valence electrons. The number of hydrogen-bond donors (Lipinski definition) is 1. The van der Waals surface area contributed by atoms with Gasteiger partial charge < -0.3 is 14.5 Å². The van der Waals surface area contributed by atoms with Crippen LogP contribution in [-0.4, -0.2) is 30.8 Å². The molecule has 1 aliphatic heterocycles. The van der Waals surface area contributed by atoms with Crippen molar-refractivity contribution in [3.8, 4) is 0 Å². The lowest BCUT2D eigenvalue weighted by Gasteiger charge is -2.21. The molecule has 1 aliphatic rings. The molecule has 0 bridgehead atoms. The van der Waals surface area contributed by atoms with Crippen LogP contribution in [0.3, 0.4) is 0 Å². The third-order valence-electron chi connectivity index (χ3n) is 3.30. The molecule has 1 unspecified atom stereocenters. The molecule has 0 aliphatic carbocycles. The minimum atomic E-state index is 0.335. The van der Waals surface area contributed by atoms with Crippen LogP contribution in [-0.2, 0) is 17.6 Å². The zero-order chi connectivity index (χ0) is 12.6. The first-order valence-electron chi connectivity index (χ1n) is 7.14. The highest BCUT2D eigenvalue weighted by atomic mass is 16.5. The van der Waals surface area contributed by atoms with Crippen LogP contribution in [0.25, 0.3) is 0 Å². The van der Waals surface area contributed by atoms with Gasteiger partial charge in [-0.3, -0.25) is 0 Å². The molecule has 2 heterocycles. The molecule has 2 rings (SSSR count). The molecule has 0 aromatic carbocycles. The van der Waals surface area contributed by atoms with Crippen molar-refractivity contribution in [2.75, 3.05) is 19.7 Å². The average Bonchev–Trinajstić information content (AvgIpc) is 2.84. The lowest BCUT2D eigenvalue weighted by Crippen LogP contribution is -2.21. The molecule has 4 heteroatoms. The van der Waals surface area contributed by atoms with E-state index in [0.29, 0.717) is 6.10 Å². The molecular formula is C14H24N2O2. The van der Waals surface area contributed by atoms with Gasteiger partial charge in [-0.1, -0.05) is 6.92 Å². The van der Waals surface area contributed by atoms with Crippen LogP contribution in [0.5, 0.6) is 0 Å². The van der Waals surface area contributed by atoms with E-state index in [1.807, 2.05) is 6.20 Å². The maximum Gasteiger partial charge on any atom is 0.194 e. The Balaban J connectivity index is 1.71. The van der Waals surface area contributed by atoms with Crippen LogP contribution in [0.4, 0.5) is 0 Å². The zero-order valence-corrected chi connectivity index (χ0v) is 11.3. The zero-order valence-electron chi connectivity index (χ0n) is 11.3. The molecule has 1 aromatic rings. The van der Waals surface area contributed by atoms with E-state index in [4.69, 9.17) is 9.15 Å². The van der Waals surface area contributed by atoms with E-state index < -0.39 is 0 Å². The standard InChI is InChI=1S/C14H24N2O2/c1-2-15-8-5-7-14-16-11-13(18-14)10-12-6-3-4-9-17-12/h11-12,15H,2-10H2,1H3. The Labute approximate surface area is 109 Å². The van der Waals surface area contributed by atoms with Crippen LogP contribution in [0, 0.1) is 0 Å². The Hall–Kier alpha value is -0.870. The first kappa shape index (κ1) is 13.6. The van der Waals surface area contributed by atoms with Crippen LogP contribution in [0.1, 0.15) is 44.3 Å². The fraction of sp³-hybridized carbons (Fsp3) is 0.786. The summed E-state index contributed by atoms with van der Waals surface area (Å²) in [5.74, 6) is 1.83. The molecular weight excluding hydrogens is 228 g/mol. The number of aromatic nitrogens is 1. The van der Waals surface area contributed by atoms with Crippen molar-refractivity contribution in [2.45, 2.75) is 51.6 Å². The number of nitrogens with zero attached hydrogens (tertiary/aromatic N) is 1. The normalized spacial score (nSPS) is 20.2. The minimum Gasteiger partial charge on any atom is -0.446 e. The molecule has 1 aromatic heterocycles. The highest BCUT2D eigenvalue weighted by molar-refractivity contribution is 4.96. The van der Waals surface area contributed by atoms with Gasteiger partial charge in [0.1, 0.15) is 5.76 Å². The van der Waals surface area contributed by atoms with Gasteiger partial charge in [0.2, 0.25) is 0 Å². The number of nitrogens with one attached hydrogen (secondary N) is 1. The van der Waals surface area contributed by atoms with E-state index >= 15 is 0 Å². The van der Waals surface area contributed by atoms with Crippen molar-refractivity contribution in [2.24, 2.45) is 0 Å². The van der Waals surface area contributed by atoms with Crippen LogP contribution in [0.2, 0.25) is 0 Å². The predicted octanol–water partition coefficient (Wildman–Crippen LogP) is 2.33. The number of hydrogen-bond acceptors (Lipinski definition) is 4. The third kappa shape index (κ3) is 4.42. The summed E-state index contributed by atoms with van der Waals surface area (Å²) in [6.07, 6.45) is 8.68. The van der Waals surface area contributed by atoms with Gasteiger partial charge in [-0.2, -0.15) is 0 Å².